The predicted molar refractivity (Wildman–Crippen MR) is 58.1 cm³/mol. The van der Waals surface area contributed by atoms with Gasteiger partial charge in [0.05, 0.1) is 0 Å². The van der Waals surface area contributed by atoms with Crippen LogP contribution in [-0.2, 0) is 18.4 Å². The lowest BCUT2D eigenvalue weighted by atomic mass is 10.0. The van der Waals surface area contributed by atoms with E-state index in [1.807, 2.05) is 0 Å². The Morgan fingerprint density at radius 2 is 1.80 bits per heavy atom. The lowest BCUT2D eigenvalue weighted by Crippen LogP contribution is -2.11. The fourth-order valence-corrected chi connectivity index (χ4v) is 2.99. The number of rotatable bonds is 6. The van der Waals surface area contributed by atoms with Gasteiger partial charge in [0.25, 0.3) is 0 Å². The van der Waals surface area contributed by atoms with Gasteiger partial charge in [0, 0.05) is 20.6 Å². The first-order valence-electron chi connectivity index (χ1n) is 5.32. The monoisotopic (exact) mass is 234 g/mol. The van der Waals surface area contributed by atoms with Crippen LogP contribution in [0.25, 0.3) is 0 Å². The zero-order chi connectivity index (χ0) is 11.3. The number of Topliss-reactive ketones (excluding diaryl/α,β-unsaturated/α-hetero) is 1. The molecule has 0 saturated heterocycles. The van der Waals surface area contributed by atoms with Gasteiger partial charge >= 0.3 is 7.60 Å². The minimum atomic E-state index is -3.14. The number of carbonyl (C=O) groups is 1. The molecule has 0 radical (unpaired) electrons. The SMILES string of the molecule is COP(=O)(CC(=O)CC1CCCC1)OC. The largest absolute Gasteiger partial charge is 0.337 e. The first kappa shape index (κ1) is 12.9. The van der Waals surface area contributed by atoms with Gasteiger partial charge in [-0.15, -0.1) is 0 Å². The van der Waals surface area contributed by atoms with E-state index in [0.717, 1.165) is 12.8 Å². The average molecular weight is 234 g/mol. The molecule has 1 fully saturated rings. The zero-order valence-electron chi connectivity index (χ0n) is 9.40. The van der Waals surface area contributed by atoms with Crippen LogP contribution in [0, 0.1) is 5.92 Å². The average Bonchev–Trinajstić information content (AvgIpc) is 2.70. The van der Waals surface area contributed by atoms with E-state index < -0.39 is 7.60 Å². The summed E-state index contributed by atoms with van der Waals surface area (Å²) in [5.74, 6) is 0.480. The quantitative estimate of drug-likeness (QED) is 0.663. The zero-order valence-corrected chi connectivity index (χ0v) is 10.3. The van der Waals surface area contributed by atoms with Gasteiger partial charge in [-0.05, 0) is 5.92 Å². The first-order valence-corrected chi connectivity index (χ1v) is 7.04. The molecule has 1 saturated carbocycles. The summed E-state index contributed by atoms with van der Waals surface area (Å²) in [6, 6.07) is 0. The number of hydrogen-bond donors (Lipinski definition) is 0. The Hall–Kier alpha value is -0.180. The predicted octanol–water partition coefficient (Wildman–Crippen LogP) is 2.62. The number of ketones is 1. The number of hydrogen-bond acceptors (Lipinski definition) is 4. The van der Waals surface area contributed by atoms with E-state index in [4.69, 9.17) is 9.05 Å². The summed E-state index contributed by atoms with van der Waals surface area (Å²) < 4.78 is 21.1. The summed E-state index contributed by atoms with van der Waals surface area (Å²) in [5.41, 5.74) is 0. The van der Waals surface area contributed by atoms with E-state index >= 15 is 0 Å². The molecule has 15 heavy (non-hydrogen) atoms. The van der Waals surface area contributed by atoms with Crippen LogP contribution in [0.5, 0.6) is 0 Å². The minimum Gasteiger partial charge on any atom is -0.312 e. The van der Waals surface area contributed by atoms with Crippen LogP contribution >= 0.6 is 7.60 Å². The second kappa shape index (κ2) is 5.78. The van der Waals surface area contributed by atoms with Gasteiger partial charge in [-0.3, -0.25) is 9.36 Å². The smallest absolute Gasteiger partial charge is 0.312 e. The van der Waals surface area contributed by atoms with E-state index in [0.29, 0.717) is 12.3 Å². The van der Waals surface area contributed by atoms with Gasteiger partial charge in [0.15, 0.2) is 0 Å². The van der Waals surface area contributed by atoms with E-state index in [-0.39, 0.29) is 11.9 Å². The Morgan fingerprint density at radius 1 is 1.27 bits per heavy atom. The van der Waals surface area contributed by atoms with Crippen LogP contribution < -0.4 is 0 Å². The van der Waals surface area contributed by atoms with Crippen molar-refractivity contribution in [1.29, 1.82) is 0 Å². The molecule has 1 rings (SSSR count). The molecule has 88 valence electrons. The Labute approximate surface area is 90.9 Å². The van der Waals surface area contributed by atoms with Crippen molar-refractivity contribution in [3.05, 3.63) is 0 Å². The maximum absolute atomic E-state index is 11.7. The van der Waals surface area contributed by atoms with Crippen molar-refractivity contribution in [3.63, 3.8) is 0 Å². The first-order chi connectivity index (χ1) is 7.09. The molecule has 5 heteroatoms. The van der Waals surface area contributed by atoms with Gasteiger partial charge in [-0.2, -0.15) is 0 Å². The molecule has 0 heterocycles. The van der Waals surface area contributed by atoms with Crippen molar-refractivity contribution >= 4 is 13.4 Å². The lowest BCUT2D eigenvalue weighted by molar-refractivity contribution is -0.117. The van der Waals surface area contributed by atoms with Crippen LogP contribution in [0.15, 0.2) is 0 Å². The molecule has 0 aromatic rings. The highest BCUT2D eigenvalue weighted by Crippen LogP contribution is 2.46. The van der Waals surface area contributed by atoms with Crippen molar-refractivity contribution in [2.45, 2.75) is 32.1 Å². The summed E-state index contributed by atoms with van der Waals surface area (Å²) >= 11 is 0. The molecule has 0 spiro atoms. The molecular formula is C10H19O4P. The van der Waals surface area contributed by atoms with Gasteiger partial charge in [-0.1, -0.05) is 25.7 Å². The van der Waals surface area contributed by atoms with Crippen LogP contribution in [0.3, 0.4) is 0 Å². The Kier molecular flexibility index (Phi) is 4.97. The fraction of sp³-hybridized carbons (Fsp3) is 0.900. The third-order valence-corrected chi connectivity index (χ3v) is 4.77. The Bertz CT molecular complexity index is 250. The molecule has 0 amide bonds. The van der Waals surface area contributed by atoms with Crippen LogP contribution in [0.2, 0.25) is 0 Å². The normalized spacial score (nSPS) is 18.3. The molecule has 0 aromatic heterocycles. The second-order valence-corrected chi connectivity index (χ2v) is 6.30. The molecule has 4 nitrogen and oxygen atoms in total. The summed E-state index contributed by atoms with van der Waals surface area (Å²) in [5, 5.41) is 0. The molecule has 0 N–H and O–H groups in total. The van der Waals surface area contributed by atoms with E-state index in [1.165, 1.54) is 27.1 Å². The van der Waals surface area contributed by atoms with Gasteiger partial charge in [0.1, 0.15) is 11.9 Å². The number of carbonyl (C=O) groups excluding carboxylic acids is 1. The van der Waals surface area contributed by atoms with Gasteiger partial charge in [0.2, 0.25) is 0 Å². The molecule has 0 aliphatic heterocycles. The lowest BCUT2D eigenvalue weighted by Gasteiger charge is -2.14. The van der Waals surface area contributed by atoms with Gasteiger partial charge in [-0.25, -0.2) is 0 Å². The summed E-state index contributed by atoms with van der Waals surface area (Å²) in [7, 11) is -0.518. The molecule has 0 atom stereocenters. The highest BCUT2D eigenvalue weighted by molar-refractivity contribution is 7.54. The third kappa shape index (κ3) is 4.06. The van der Waals surface area contributed by atoms with Crippen molar-refractivity contribution in [1.82, 2.24) is 0 Å². The van der Waals surface area contributed by atoms with Crippen molar-refractivity contribution in [3.8, 4) is 0 Å². The van der Waals surface area contributed by atoms with Crippen LogP contribution in [-0.4, -0.2) is 26.2 Å². The second-order valence-electron chi connectivity index (χ2n) is 4.03. The van der Waals surface area contributed by atoms with Gasteiger partial charge < -0.3 is 9.05 Å². The summed E-state index contributed by atoms with van der Waals surface area (Å²) in [6.07, 6.45) is 5.10. The highest BCUT2D eigenvalue weighted by Gasteiger charge is 2.27. The van der Waals surface area contributed by atoms with Crippen molar-refractivity contribution in [2.75, 3.05) is 20.4 Å². The topological polar surface area (TPSA) is 52.6 Å². The van der Waals surface area contributed by atoms with E-state index in [2.05, 4.69) is 0 Å². The van der Waals surface area contributed by atoms with Crippen molar-refractivity contribution < 1.29 is 18.4 Å². The van der Waals surface area contributed by atoms with Crippen LogP contribution in [0.1, 0.15) is 32.1 Å². The van der Waals surface area contributed by atoms with E-state index in [1.54, 1.807) is 0 Å². The third-order valence-electron chi connectivity index (χ3n) is 2.92. The Morgan fingerprint density at radius 3 is 2.27 bits per heavy atom. The maximum atomic E-state index is 11.7. The van der Waals surface area contributed by atoms with Crippen molar-refractivity contribution in [2.24, 2.45) is 5.92 Å². The van der Waals surface area contributed by atoms with Crippen LogP contribution in [0.4, 0.5) is 0 Å². The fourth-order valence-electron chi connectivity index (χ4n) is 2.02. The van der Waals surface area contributed by atoms with E-state index in [9.17, 15) is 9.36 Å². The summed E-state index contributed by atoms with van der Waals surface area (Å²) in [4.78, 5) is 11.6. The molecule has 1 aliphatic carbocycles. The maximum Gasteiger partial charge on any atom is 0.337 e. The standard InChI is InChI=1S/C10H19O4P/c1-13-15(12,14-2)8-10(11)7-9-5-3-4-6-9/h9H,3-8H2,1-2H3. The molecule has 0 aromatic carbocycles. The molecule has 0 bridgehead atoms. The Balaban J connectivity index is 2.37. The molecule has 0 unspecified atom stereocenters. The molecular weight excluding hydrogens is 215 g/mol. The summed E-state index contributed by atoms with van der Waals surface area (Å²) in [6.45, 7) is 0. The molecule has 1 aliphatic rings. The highest BCUT2D eigenvalue weighted by atomic mass is 31.2. The minimum absolute atomic E-state index is 0.00562.